The van der Waals surface area contributed by atoms with Gasteiger partial charge in [-0.2, -0.15) is 0 Å². The third kappa shape index (κ3) is 3.84. The molecular formula is C18H24N2O3. The lowest BCUT2D eigenvalue weighted by atomic mass is 9.90. The van der Waals surface area contributed by atoms with Crippen LogP contribution in [0.15, 0.2) is 30.3 Å². The number of benzene rings is 1. The third-order valence-electron chi connectivity index (χ3n) is 4.83. The molecule has 0 bridgehead atoms. The number of aliphatic carboxylic acids is 1. The number of piperidine rings is 1. The molecule has 1 aliphatic heterocycles. The highest BCUT2D eigenvalue weighted by Gasteiger charge is 2.36. The third-order valence-corrected chi connectivity index (χ3v) is 4.83. The summed E-state index contributed by atoms with van der Waals surface area (Å²) in [5.74, 6) is -0.553. The largest absolute Gasteiger partial charge is 0.481 e. The number of carbonyl (C=O) groups excluding carboxylic acids is 1. The summed E-state index contributed by atoms with van der Waals surface area (Å²) >= 11 is 0. The average Bonchev–Trinajstić information content (AvgIpc) is 3.37. The molecule has 1 aromatic carbocycles. The van der Waals surface area contributed by atoms with Gasteiger partial charge in [-0.3, -0.25) is 4.79 Å². The molecule has 23 heavy (non-hydrogen) atoms. The van der Waals surface area contributed by atoms with Gasteiger partial charge < -0.3 is 15.3 Å². The first-order valence-corrected chi connectivity index (χ1v) is 8.37. The van der Waals surface area contributed by atoms with Gasteiger partial charge in [-0.15, -0.1) is 0 Å². The fourth-order valence-corrected chi connectivity index (χ4v) is 3.48. The first-order chi connectivity index (χ1) is 11.0. The Kier molecular flexibility index (Phi) is 4.55. The fourth-order valence-electron chi connectivity index (χ4n) is 3.48. The minimum absolute atomic E-state index is 0.0317. The van der Waals surface area contributed by atoms with E-state index < -0.39 is 11.9 Å². The summed E-state index contributed by atoms with van der Waals surface area (Å²) in [5, 5.41) is 12.4. The van der Waals surface area contributed by atoms with Crippen molar-refractivity contribution < 1.29 is 14.7 Å². The van der Waals surface area contributed by atoms with Crippen LogP contribution in [-0.4, -0.2) is 35.1 Å². The Labute approximate surface area is 136 Å². The number of hydrogen-bond donors (Lipinski definition) is 2. The Bertz CT molecular complexity index is 571. The number of nitrogens with zero attached hydrogens (tertiary/aromatic N) is 1. The van der Waals surface area contributed by atoms with Crippen LogP contribution in [0.5, 0.6) is 0 Å². The van der Waals surface area contributed by atoms with Crippen LogP contribution in [0.1, 0.15) is 37.8 Å². The predicted octanol–water partition coefficient (Wildman–Crippen LogP) is 2.89. The molecule has 2 amide bonds. The Hall–Kier alpha value is -2.04. The number of likely N-dealkylation sites (tertiary alicyclic amines) is 1. The van der Waals surface area contributed by atoms with E-state index in [1.54, 1.807) is 4.90 Å². The van der Waals surface area contributed by atoms with Crippen LogP contribution in [0.25, 0.3) is 0 Å². The van der Waals surface area contributed by atoms with E-state index >= 15 is 0 Å². The zero-order valence-corrected chi connectivity index (χ0v) is 13.4. The first-order valence-electron chi connectivity index (χ1n) is 8.37. The van der Waals surface area contributed by atoms with Crippen molar-refractivity contribution in [3.8, 4) is 0 Å². The lowest BCUT2D eigenvalue weighted by molar-refractivity contribution is -0.143. The summed E-state index contributed by atoms with van der Waals surface area (Å²) in [6.07, 6.45) is 2.91. The predicted molar refractivity (Wildman–Crippen MR) is 86.9 cm³/mol. The highest BCUT2D eigenvalue weighted by Crippen LogP contribution is 2.41. The van der Waals surface area contributed by atoms with Gasteiger partial charge in [-0.25, -0.2) is 4.79 Å². The molecule has 3 atom stereocenters. The molecule has 1 heterocycles. The van der Waals surface area contributed by atoms with Crippen LogP contribution in [-0.2, 0) is 4.79 Å². The number of amides is 2. The van der Waals surface area contributed by atoms with Crippen molar-refractivity contribution in [1.29, 1.82) is 0 Å². The van der Waals surface area contributed by atoms with Gasteiger partial charge in [0.15, 0.2) is 0 Å². The normalized spacial score (nSPS) is 25.7. The number of carboxylic acids is 1. The Morgan fingerprint density at radius 3 is 2.52 bits per heavy atom. The van der Waals surface area contributed by atoms with Gasteiger partial charge in [0, 0.05) is 13.1 Å². The van der Waals surface area contributed by atoms with Gasteiger partial charge in [0.1, 0.15) is 0 Å². The topological polar surface area (TPSA) is 69.6 Å². The summed E-state index contributed by atoms with van der Waals surface area (Å²) in [6.45, 7) is 2.93. The van der Waals surface area contributed by atoms with Crippen LogP contribution in [0.3, 0.4) is 0 Å². The lowest BCUT2D eigenvalue weighted by Gasteiger charge is -2.35. The van der Waals surface area contributed by atoms with Crippen molar-refractivity contribution >= 4 is 12.0 Å². The molecule has 0 spiro atoms. The van der Waals surface area contributed by atoms with Crippen molar-refractivity contribution in [3.05, 3.63) is 35.9 Å². The number of carbonyl (C=O) groups is 2. The molecule has 5 nitrogen and oxygen atoms in total. The van der Waals surface area contributed by atoms with E-state index in [2.05, 4.69) is 5.32 Å². The first kappa shape index (κ1) is 15.8. The summed E-state index contributed by atoms with van der Waals surface area (Å²) in [6, 6.07) is 9.93. The molecule has 3 unspecified atom stereocenters. The van der Waals surface area contributed by atoms with E-state index in [1.807, 2.05) is 37.3 Å². The molecule has 0 radical (unpaired) electrons. The zero-order chi connectivity index (χ0) is 16.4. The zero-order valence-electron chi connectivity index (χ0n) is 13.4. The SMILES string of the molecule is CC1CC(C(=O)O)CN(C(=O)NC(c2ccccc2)C2CC2)C1. The maximum atomic E-state index is 12.6. The molecule has 1 saturated carbocycles. The monoisotopic (exact) mass is 316 g/mol. The highest BCUT2D eigenvalue weighted by molar-refractivity contribution is 5.77. The highest BCUT2D eigenvalue weighted by atomic mass is 16.4. The van der Waals surface area contributed by atoms with Gasteiger partial charge >= 0.3 is 12.0 Å². The van der Waals surface area contributed by atoms with Crippen molar-refractivity contribution in [1.82, 2.24) is 10.2 Å². The van der Waals surface area contributed by atoms with Crippen molar-refractivity contribution in [2.45, 2.75) is 32.2 Å². The number of carboxylic acid groups (broad SMARTS) is 1. The molecule has 2 fully saturated rings. The molecule has 1 aliphatic carbocycles. The minimum Gasteiger partial charge on any atom is -0.481 e. The summed E-state index contributed by atoms with van der Waals surface area (Å²) in [4.78, 5) is 25.6. The summed E-state index contributed by atoms with van der Waals surface area (Å²) < 4.78 is 0. The molecule has 0 aromatic heterocycles. The summed E-state index contributed by atoms with van der Waals surface area (Å²) in [7, 11) is 0. The second-order valence-corrected chi connectivity index (χ2v) is 6.96. The molecule has 124 valence electrons. The Balaban J connectivity index is 1.68. The fraction of sp³-hybridized carbons (Fsp3) is 0.556. The molecule has 2 N–H and O–H groups in total. The number of hydrogen-bond acceptors (Lipinski definition) is 2. The molecule has 1 aromatic rings. The maximum Gasteiger partial charge on any atom is 0.317 e. The summed E-state index contributed by atoms with van der Waals surface area (Å²) in [5.41, 5.74) is 1.13. The second-order valence-electron chi connectivity index (χ2n) is 6.96. The van der Waals surface area contributed by atoms with Crippen LogP contribution in [0.2, 0.25) is 0 Å². The van der Waals surface area contributed by atoms with Crippen molar-refractivity contribution in [2.75, 3.05) is 13.1 Å². The van der Waals surface area contributed by atoms with Gasteiger partial charge in [0.05, 0.1) is 12.0 Å². The minimum atomic E-state index is -0.809. The van der Waals surface area contributed by atoms with E-state index in [0.29, 0.717) is 25.4 Å². The average molecular weight is 316 g/mol. The quantitative estimate of drug-likeness (QED) is 0.897. The molecule has 1 saturated heterocycles. The number of rotatable bonds is 4. The Morgan fingerprint density at radius 2 is 1.91 bits per heavy atom. The van der Waals surface area contributed by atoms with Crippen molar-refractivity contribution in [3.63, 3.8) is 0 Å². The van der Waals surface area contributed by atoms with Gasteiger partial charge in [-0.05, 0) is 36.7 Å². The number of nitrogens with one attached hydrogen (secondary N) is 1. The number of urea groups is 1. The van der Waals surface area contributed by atoms with E-state index in [0.717, 1.165) is 18.4 Å². The van der Waals surface area contributed by atoms with Gasteiger partial charge in [-0.1, -0.05) is 37.3 Å². The molecule has 3 rings (SSSR count). The van der Waals surface area contributed by atoms with Crippen LogP contribution < -0.4 is 5.32 Å². The van der Waals surface area contributed by atoms with Gasteiger partial charge in [0.25, 0.3) is 0 Å². The lowest BCUT2D eigenvalue weighted by Crippen LogP contribution is -2.50. The maximum absolute atomic E-state index is 12.6. The van der Waals surface area contributed by atoms with Gasteiger partial charge in [0.2, 0.25) is 0 Å². The van der Waals surface area contributed by atoms with E-state index in [-0.39, 0.29) is 18.0 Å². The standard InChI is InChI=1S/C18H24N2O3/c1-12-9-15(17(21)22)11-20(10-12)18(23)19-16(14-7-8-14)13-5-3-2-4-6-13/h2-6,12,14-16H,7-11H2,1H3,(H,19,23)(H,21,22). The van der Waals surface area contributed by atoms with Crippen molar-refractivity contribution in [2.24, 2.45) is 17.8 Å². The smallest absolute Gasteiger partial charge is 0.317 e. The molecule has 5 heteroatoms. The van der Waals surface area contributed by atoms with Crippen LogP contribution in [0.4, 0.5) is 4.79 Å². The van der Waals surface area contributed by atoms with E-state index in [4.69, 9.17) is 0 Å². The molecule has 2 aliphatic rings. The van der Waals surface area contributed by atoms with Crippen LogP contribution in [0, 0.1) is 17.8 Å². The Morgan fingerprint density at radius 1 is 1.22 bits per heavy atom. The van der Waals surface area contributed by atoms with E-state index in [1.165, 1.54) is 0 Å². The second kappa shape index (κ2) is 6.60. The van der Waals surface area contributed by atoms with Crippen LogP contribution >= 0.6 is 0 Å². The molecular weight excluding hydrogens is 292 g/mol. The van der Waals surface area contributed by atoms with E-state index in [9.17, 15) is 14.7 Å².